The fourth-order valence-electron chi connectivity index (χ4n) is 3.59. The van der Waals surface area contributed by atoms with Crippen LogP contribution < -0.4 is 10.2 Å². The molecule has 0 aliphatic carbocycles. The maximum absolute atomic E-state index is 12.4. The van der Waals surface area contributed by atoms with Crippen LogP contribution in [0.25, 0.3) is 0 Å². The van der Waals surface area contributed by atoms with Crippen molar-refractivity contribution < 1.29 is 24.0 Å². The lowest BCUT2D eigenvalue weighted by molar-refractivity contribution is -0.899. The smallest absolute Gasteiger partial charge is 0.314 e. The minimum Gasteiger partial charge on any atom is -0.466 e. The van der Waals surface area contributed by atoms with E-state index in [2.05, 4.69) is 5.32 Å². The Morgan fingerprint density at radius 2 is 1.82 bits per heavy atom. The molecule has 0 spiro atoms. The highest BCUT2D eigenvalue weighted by Gasteiger charge is 2.30. The van der Waals surface area contributed by atoms with Crippen molar-refractivity contribution >= 4 is 23.5 Å². The van der Waals surface area contributed by atoms with Crippen LogP contribution in [-0.2, 0) is 14.3 Å². The summed E-state index contributed by atoms with van der Waals surface area (Å²) in [5.74, 6) is -0.386. The molecule has 1 aromatic carbocycles. The minimum atomic E-state index is -0.159. The van der Waals surface area contributed by atoms with Crippen molar-refractivity contribution in [3.63, 3.8) is 0 Å². The summed E-state index contributed by atoms with van der Waals surface area (Å²) in [6.07, 6.45) is 1.74. The SMILES string of the molecule is CCOC(=O)[C@@H]1CCC[NH+](CC(=O)Nc2ccc(C(=O)N(CC)CC)cc2)C1. The minimum absolute atomic E-state index is 0.00866. The summed E-state index contributed by atoms with van der Waals surface area (Å²) in [6.45, 7) is 9.24. The predicted molar refractivity (Wildman–Crippen MR) is 107 cm³/mol. The number of esters is 1. The van der Waals surface area contributed by atoms with Gasteiger partial charge in [-0.1, -0.05) is 0 Å². The van der Waals surface area contributed by atoms with E-state index in [1.807, 2.05) is 13.8 Å². The lowest BCUT2D eigenvalue weighted by Crippen LogP contribution is -3.14. The van der Waals surface area contributed by atoms with Crippen molar-refractivity contribution in [2.75, 3.05) is 44.6 Å². The number of nitrogens with zero attached hydrogens (tertiary/aromatic N) is 1. The maximum atomic E-state index is 12.4. The number of carbonyl (C=O) groups is 3. The first-order valence-corrected chi connectivity index (χ1v) is 10.2. The van der Waals surface area contributed by atoms with E-state index in [1.54, 1.807) is 36.1 Å². The highest BCUT2D eigenvalue weighted by atomic mass is 16.5. The molecule has 1 aliphatic heterocycles. The number of benzene rings is 1. The van der Waals surface area contributed by atoms with Crippen LogP contribution in [0.1, 0.15) is 44.0 Å². The molecular weight excluding hydrogens is 358 g/mol. The number of quaternary nitrogens is 1. The van der Waals surface area contributed by atoms with Gasteiger partial charge in [-0.05, 0) is 57.9 Å². The van der Waals surface area contributed by atoms with Gasteiger partial charge in [0.05, 0.1) is 19.7 Å². The molecule has 1 heterocycles. The summed E-state index contributed by atoms with van der Waals surface area (Å²) in [7, 11) is 0. The number of piperidine rings is 1. The third kappa shape index (κ3) is 6.05. The van der Waals surface area contributed by atoms with Crippen molar-refractivity contribution in [1.82, 2.24) is 4.90 Å². The van der Waals surface area contributed by atoms with Crippen molar-refractivity contribution in [1.29, 1.82) is 0 Å². The molecule has 2 N–H and O–H groups in total. The fourth-order valence-corrected chi connectivity index (χ4v) is 3.59. The van der Waals surface area contributed by atoms with Crippen LogP contribution in [0.15, 0.2) is 24.3 Å². The van der Waals surface area contributed by atoms with Gasteiger partial charge in [0.25, 0.3) is 11.8 Å². The van der Waals surface area contributed by atoms with E-state index < -0.39 is 0 Å². The lowest BCUT2D eigenvalue weighted by Gasteiger charge is -2.28. The predicted octanol–water partition coefficient (Wildman–Crippen LogP) is 0.965. The molecule has 1 aromatic rings. The zero-order valence-corrected chi connectivity index (χ0v) is 17.1. The second-order valence-electron chi connectivity index (χ2n) is 7.08. The number of anilines is 1. The lowest BCUT2D eigenvalue weighted by atomic mass is 9.98. The molecule has 2 amide bonds. The molecule has 1 unspecified atom stereocenters. The Bertz CT molecular complexity index is 671. The molecule has 0 radical (unpaired) electrons. The van der Waals surface area contributed by atoms with Crippen molar-refractivity contribution in [2.24, 2.45) is 5.92 Å². The Morgan fingerprint density at radius 1 is 1.14 bits per heavy atom. The number of hydrogen-bond acceptors (Lipinski definition) is 4. The van der Waals surface area contributed by atoms with Gasteiger partial charge in [-0.15, -0.1) is 0 Å². The molecular formula is C21H32N3O4+. The second kappa shape index (κ2) is 10.8. The van der Waals surface area contributed by atoms with Gasteiger partial charge in [-0.2, -0.15) is 0 Å². The first kappa shape index (κ1) is 21.9. The fraction of sp³-hybridized carbons (Fsp3) is 0.571. The van der Waals surface area contributed by atoms with Gasteiger partial charge in [0.1, 0.15) is 5.92 Å². The molecule has 0 aromatic heterocycles. The standard InChI is InChI=1S/C21H31N3O4/c1-4-24(5-2)20(26)16-9-11-18(12-10-16)22-19(25)15-23-13-7-8-17(14-23)21(27)28-6-3/h9-12,17H,4-8,13-15H2,1-3H3,(H,22,25)/p+1/t17-/m1/s1. The summed E-state index contributed by atoms with van der Waals surface area (Å²) in [5, 5.41) is 2.88. The van der Waals surface area contributed by atoms with Gasteiger partial charge in [0, 0.05) is 24.3 Å². The molecule has 2 rings (SSSR count). The van der Waals surface area contributed by atoms with Crippen LogP contribution in [0.3, 0.4) is 0 Å². The monoisotopic (exact) mass is 390 g/mol. The first-order chi connectivity index (χ1) is 13.5. The number of nitrogens with one attached hydrogen (secondary N) is 2. The van der Waals surface area contributed by atoms with Gasteiger partial charge in [0.15, 0.2) is 6.54 Å². The molecule has 154 valence electrons. The van der Waals surface area contributed by atoms with E-state index in [-0.39, 0.29) is 23.7 Å². The molecule has 1 aliphatic rings. The molecule has 28 heavy (non-hydrogen) atoms. The average molecular weight is 391 g/mol. The topological polar surface area (TPSA) is 80.1 Å². The quantitative estimate of drug-likeness (QED) is 0.648. The highest BCUT2D eigenvalue weighted by molar-refractivity contribution is 5.96. The van der Waals surface area contributed by atoms with E-state index in [0.717, 1.165) is 24.3 Å². The number of amides is 2. The number of rotatable bonds is 8. The average Bonchev–Trinajstić information content (AvgIpc) is 2.69. The van der Waals surface area contributed by atoms with Gasteiger partial charge in [-0.25, -0.2) is 0 Å². The van der Waals surface area contributed by atoms with E-state index in [0.29, 0.717) is 44.0 Å². The van der Waals surface area contributed by atoms with E-state index in [9.17, 15) is 14.4 Å². The number of likely N-dealkylation sites (tertiary alicyclic amines) is 1. The third-order valence-corrected chi connectivity index (χ3v) is 5.11. The zero-order valence-electron chi connectivity index (χ0n) is 17.1. The van der Waals surface area contributed by atoms with E-state index in [1.165, 1.54) is 0 Å². The molecule has 2 atom stereocenters. The van der Waals surface area contributed by atoms with Crippen LogP contribution in [0.2, 0.25) is 0 Å². The summed E-state index contributed by atoms with van der Waals surface area (Å²) >= 11 is 0. The summed E-state index contributed by atoms with van der Waals surface area (Å²) in [5.41, 5.74) is 1.28. The summed E-state index contributed by atoms with van der Waals surface area (Å²) < 4.78 is 5.11. The van der Waals surface area contributed by atoms with Crippen molar-refractivity contribution in [3.8, 4) is 0 Å². The van der Waals surface area contributed by atoms with Crippen molar-refractivity contribution in [3.05, 3.63) is 29.8 Å². The number of carbonyl (C=O) groups excluding carboxylic acids is 3. The Morgan fingerprint density at radius 3 is 2.43 bits per heavy atom. The number of hydrogen-bond donors (Lipinski definition) is 2. The second-order valence-corrected chi connectivity index (χ2v) is 7.08. The molecule has 0 bridgehead atoms. The zero-order chi connectivity index (χ0) is 20.5. The van der Waals surface area contributed by atoms with Crippen LogP contribution in [-0.4, -0.2) is 62.0 Å². The van der Waals surface area contributed by atoms with Crippen LogP contribution in [0.4, 0.5) is 5.69 Å². The number of ether oxygens (including phenoxy) is 1. The molecule has 7 nitrogen and oxygen atoms in total. The van der Waals surface area contributed by atoms with Crippen molar-refractivity contribution in [2.45, 2.75) is 33.6 Å². The van der Waals surface area contributed by atoms with Crippen LogP contribution >= 0.6 is 0 Å². The van der Waals surface area contributed by atoms with Crippen LogP contribution in [0, 0.1) is 5.92 Å². The normalized spacial score (nSPS) is 19.0. The third-order valence-electron chi connectivity index (χ3n) is 5.11. The Labute approximate surface area is 167 Å². The van der Waals surface area contributed by atoms with Gasteiger partial charge >= 0.3 is 5.97 Å². The largest absolute Gasteiger partial charge is 0.466 e. The van der Waals surface area contributed by atoms with E-state index >= 15 is 0 Å². The Balaban J connectivity index is 1.87. The van der Waals surface area contributed by atoms with E-state index in [4.69, 9.17) is 4.74 Å². The van der Waals surface area contributed by atoms with Gasteiger partial charge in [-0.3, -0.25) is 14.4 Å². The summed E-state index contributed by atoms with van der Waals surface area (Å²) in [4.78, 5) is 39.5. The Kier molecular flexibility index (Phi) is 8.44. The molecule has 7 heteroatoms. The van der Waals surface area contributed by atoms with Gasteiger partial charge in [0.2, 0.25) is 0 Å². The van der Waals surface area contributed by atoms with Gasteiger partial charge < -0.3 is 19.9 Å². The maximum Gasteiger partial charge on any atom is 0.314 e. The molecule has 1 saturated heterocycles. The Hall–Kier alpha value is -2.41. The summed E-state index contributed by atoms with van der Waals surface area (Å²) in [6, 6.07) is 6.98. The molecule has 0 saturated carbocycles. The first-order valence-electron chi connectivity index (χ1n) is 10.2. The highest BCUT2D eigenvalue weighted by Crippen LogP contribution is 2.12. The van der Waals surface area contributed by atoms with Crippen LogP contribution in [0.5, 0.6) is 0 Å². The molecule has 1 fully saturated rings.